The van der Waals surface area contributed by atoms with E-state index in [0.29, 0.717) is 30.6 Å². The minimum Gasteiger partial charge on any atom is -0.454 e. The zero-order valence-electron chi connectivity index (χ0n) is 18.3. The molecule has 0 bridgehead atoms. The number of benzene rings is 1. The second kappa shape index (κ2) is 8.29. The van der Waals surface area contributed by atoms with Crippen LogP contribution in [0.4, 0.5) is 5.69 Å². The van der Waals surface area contributed by atoms with E-state index in [1.54, 1.807) is 0 Å². The first-order valence-electron chi connectivity index (χ1n) is 11.7. The van der Waals surface area contributed by atoms with E-state index in [2.05, 4.69) is 41.1 Å². The van der Waals surface area contributed by atoms with Crippen molar-refractivity contribution in [3.8, 4) is 11.5 Å². The van der Waals surface area contributed by atoms with Crippen molar-refractivity contribution < 1.29 is 14.3 Å². The minimum absolute atomic E-state index is 0.241. The zero-order chi connectivity index (χ0) is 20.7. The number of carbonyl (C=O) groups is 1. The maximum absolute atomic E-state index is 12.6. The molecule has 6 nitrogen and oxygen atoms in total. The van der Waals surface area contributed by atoms with Crippen LogP contribution in [-0.2, 0) is 4.79 Å². The first kappa shape index (κ1) is 20.0. The Hall–Kier alpha value is -1.95. The molecule has 3 fully saturated rings. The van der Waals surface area contributed by atoms with E-state index in [1.807, 2.05) is 6.07 Å². The molecule has 164 valence electrons. The van der Waals surface area contributed by atoms with E-state index < -0.39 is 0 Å². The molecule has 0 unspecified atom stereocenters. The van der Waals surface area contributed by atoms with E-state index in [4.69, 9.17) is 9.47 Å². The van der Waals surface area contributed by atoms with Crippen molar-refractivity contribution in [2.45, 2.75) is 45.6 Å². The molecule has 1 amide bonds. The number of ether oxygens (including phenoxy) is 2. The number of nitrogens with one attached hydrogen (secondary N) is 1. The third-order valence-electron chi connectivity index (χ3n) is 7.63. The van der Waals surface area contributed by atoms with Crippen molar-refractivity contribution in [3.05, 3.63) is 18.2 Å². The number of piperidine rings is 2. The van der Waals surface area contributed by atoms with Crippen LogP contribution in [-0.4, -0.2) is 56.4 Å². The summed E-state index contributed by atoms with van der Waals surface area (Å²) in [6.45, 7) is 9.91. The van der Waals surface area contributed by atoms with Gasteiger partial charge in [0.15, 0.2) is 11.5 Å². The van der Waals surface area contributed by atoms with E-state index >= 15 is 0 Å². The Morgan fingerprint density at radius 3 is 2.73 bits per heavy atom. The topological polar surface area (TPSA) is 54.0 Å². The fourth-order valence-corrected chi connectivity index (χ4v) is 5.75. The van der Waals surface area contributed by atoms with Gasteiger partial charge in [0.2, 0.25) is 12.7 Å². The average molecular weight is 414 g/mol. The van der Waals surface area contributed by atoms with Gasteiger partial charge >= 0.3 is 0 Å². The summed E-state index contributed by atoms with van der Waals surface area (Å²) in [7, 11) is 0. The highest BCUT2D eigenvalue weighted by Crippen LogP contribution is 2.46. The molecule has 3 atom stereocenters. The lowest BCUT2D eigenvalue weighted by molar-refractivity contribution is -0.137. The van der Waals surface area contributed by atoms with Crippen molar-refractivity contribution in [2.24, 2.45) is 23.7 Å². The van der Waals surface area contributed by atoms with Crippen LogP contribution >= 0.6 is 0 Å². The summed E-state index contributed by atoms with van der Waals surface area (Å²) >= 11 is 0. The van der Waals surface area contributed by atoms with Crippen LogP contribution < -0.4 is 19.7 Å². The second-order valence-corrected chi connectivity index (χ2v) is 9.94. The molecule has 6 heteroatoms. The number of carbonyl (C=O) groups excluding carboxylic acids is 1. The van der Waals surface area contributed by atoms with Crippen LogP contribution in [0.5, 0.6) is 11.5 Å². The maximum atomic E-state index is 12.6. The van der Waals surface area contributed by atoms with Crippen LogP contribution in [0.2, 0.25) is 0 Å². The Balaban J connectivity index is 1.14. The maximum Gasteiger partial charge on any atom is 0.231 e. The van der Waals surface area contributed by atoms with Crippen LogP contribution in [0.1, 0.15) is 39.5 Å². The Bertz CT molecular complexity index is 775. The molecule has 3 aliphatic heterocycles. The van der Waals surface area contributed by atoms with Crippen molar-refractivity contribution in [2.75, 3.05) is 44.4 Å². The predicted octanol–water partition coefficient (Wildman–Crippen LogP) is 3.11. The molecule has 1 aromatic rings. The summed E-state index contributed by atoms with van der Waals surface area (Å²) in [4.78, 5) is 17.8. The number of anilines is 1. The van der Waals surface area contributed by atoms with Gasteiger partial charge < -0.3 is 19.7 Å². The highest BCUT2D eigenvalue weighted by Gasteiger charge is 2.48. The van der Waals surface area contributed by atoms with Gasteiger partial charge in [-0.05, 0) is 62.1 Å². The first-order valence-corrected chi connectivity index (χ1v) is 11.7. The molecule has 0 aromatic heterocycles. The van der Waals surface area contributed by atoms with Crippen molar-refractivity contribution in [1.29, 1.82) is 0 Å². The van der Waals surface area contributed by atoms with Crippen molar-refractivity contribution >= 4 is 11.6 Å². The lowest BCUT2D eigenvalue weighted by Crippen LogP contribution is -2.58. The van der Waals surface area contributed by atoms with Crippen LogP contribution in [0.3, 0.4) is 0 Å². The summed E-state index contributed by atoms with van der Waals surface area (Å²) in [6.07, 6.45) is 4.75. The van der Waals surface area contributed by atoms with Crippen molar-refractivity contribution in [3.63, 3.8) is 0 Å². The number of hydrogen-bond acceptors (Lipinski definition) is 5. The predicted molar refractivity (Wildman–Crippen MR) is 117 cm³/mol. The number of fused-ring (bicyclic) bond motifs is 2. The molecule has 1 N–H and O–H groups in total. The highest BCUT2D eigenvalue weighted by molar-refractivity contribution is 5.80. The summed E-state index contributed by atoms with van der Waals surface area (Å²) in [6, 6.07) is 6.93. The van der Waals surface area contributed by atoms with E-state index in [1.165, 1.54) is 31.5 Å². The Kier molecular flexibility index (Phi) is 5.52. The molecule has 5 rings (SSSR count). The van der Waals surface area contributed by atoms with Crippen LogP contribution in [0.15, 0.2) is 18.2 Å². The monoisotopic (exact) mass is 413 g/mol. The summed E-state index contributed by atoms with van der Waals surface area (Å²) in [5.74, 6) is 4.10. The Morgan fingerprint density at radius 2 is 1.93 bits per heavy atom. The highest BCUT2D eigenvalue weighted by atomic mass is 16.7. The number of likely N-dealkylation sites (tertiary alicyclic amines) is 1. The number of rotatable bonds is 5. The van der Waals surface area contributed by atoms with E-state index in [9.17, 15) is 4.79 Å². The number of amides is 1. The van der Waals surface area contributed by atoms with Gasteiger partial charge in [0.05, 0.1) is 0 Å². The summed E-state index contributed by atoms with van der Waals surface area (Å²) in [5, 5.41) is 3.17. The van der Waals surface area contributed by atoms with Gasteiger partial charge in [0.25, 0.3) is 0 Å². The molecule has 1 saturated carbocycles. The Labute approximate surface area is 179 Å². The summed E-state index contributed by atoms with van der Waals surface area (Å²) in [5.41, 5.74) is 1.23. The standard InChI is InChI=1S/C24H35N3O3/c1-16(2)13-25-24(28)20-11-17-5-8-27(14-21(17)20)18-6-9-26(10-7-18)19-3-4-22-23(12-19)30-15-29-22/h3-4,12,16-18,20-21H,5-11,13-15H2,1-2H3,(H,25,28)/t17-,20-,21-/m1/s1. The molecule has 1 aromatic carbocycles. The van der Waals surface area contributed by atoms with Crippen LogP contribution in [0, 0.1) is 23.7 Å². The van der Waals surface area contributed by atoms with Gasteiger partial charge in [-0.15, -0.1) is 0 Å². The molecule has 30 heavy (non-hydrogen) atoms. The van der Waals surface area contributed by atoms with Crippen LogP contribution in [0.25, 0.3) is 0 Å². The van der Waals surface area contributed by atoms with Gasteiger partial charge in [-0.25, -0.2) is 0 Å². The van der Waals surface area contributed by atoms with Gasteiger partial charge in [0, 0.05) is 49.9 Å². The molecular formula is C24H35N3O3. The molecule has 3 heterocycles. The molecule has 4 aliphatic rings. The second-order valence-electron chi connectivity index (χ2n) is 9.94. The quantitative estimate of drug-likeness (QED) is 0.804. The van der Waals surface area contributed by atoms with Gasteiger partial charge in [0.1, 0.15) is 0 Å². The van der Waals surface area contributed by atoms with E-state index in [0.717, 1.165) is 50.0 Å². The normalized spacial score (nSPS) is 28.9. The fourth-order valence-electron chi connectivity index (χ4n) is 5.75. The minimum atomic E-state index is 0.241. The lowest BCUT2D eigenvalue weighted by Gasteiger charge is -2.53. The Morgan fingerprint density at radius 1 is 1.13 bits per heavy atom. The van der Waals surface area contributed by atoms with Crippen molar-refractivity contribution in [1.82, 2.24) is 10.2 Å². The third-order valence-corrected chi connectivity index (χ3v) is 7.63. The number of nitrogens with zero attached hydrogens (tertiary/aromatic N) is 2. The fraction of sp³-hybridized carbons (Fsp3) is 0.708. The molecule has 2 saturated heterocycles. The first-order chi connectivity index (χ1) is 14.6. The molecule has 0 spiro atoms. The van der Waals surface area contributed by atoms with Gasteiger partial charge in [-0.3, -0.25) is 9.69 Å². The zero-order valence-corrected chi connectivity index (χ0v) is 18.3. The average Bonchev–Trinajstić information content (AvgIpc) is 3.21. The molecule has 0 radical (unpaired) electrons. The lowest BCUT2D eigenvalue weighted by atomic mass is 9.61. The SMILES string of the molecule is CC(C)CNC(=O)[C@@H]1C[C@H]2CCN(C3CCN(c4ccc5c(c4)OCO5)CC3)C[C@H]21. The van der Waals surface area contributed by atoms with Gasteiger partial charge in [-0.2, -0.15) is 0 Å². The van der Waals surface area contributed by atoms with E-state index in [-0.39, 0.29) is 5.92 Å². The third kappa shape index (κ3) is 3.86. The molecular weight excluding hydrogens is 378 g/mol. The number of hydrogen-bond donors (Lipinski definition) is 1. The summed E-state index contributed by atoms with van der Waals surface area (Å²) < 4.78 is 11.0. The smallest absolute Gasteiger partial charge is 0.231 e. The largest absolute Gasteiger partial charge is 0.454 e. The molecule has 1 aliphatic carbocycles. The van der Waals surface area contributed by atoms with Gasteiger partial charge in [-0.1, -0.05) is 13.8 Å².